The van der Waals surface area contributed by atoms with Crippen molar-refractivity contribution in [1.82, 2.24) is 14.8 Å². The number of hydrogen-bond acceptors (Lipinski definition) is 4. The minimum absolute atomic E-state index is 0.00223. The van der Waals surface area contributed by atoms with Crippen molar-refractivity contribution >= 4 is 10.9 Å². The Kier molecular flexibility index (Phi) is 3.99. The van der Waals surface area contributed by atoms with E-state index in [1.807, 2.05) is 66.7 Å². The Bertz CT molecular complexity index is 1330. The summed E-state index contributed by atoms with van der Waals surface area (Å²) in [6.45, 7) is 0. The van der Waals surface area contributed by atoms with Crippen molar-refractivity contribution in [2.45, 2.75) is 0 Å². The van der Waals surface area contributed by atoms with Crippen molar-refractivity contribution in [3.8, 4) is 39.7 Å². The molecule has 0 spiro atoms. The van der Waals surface area contributed by atoms with Gasteiger partial charge in [0.1, 0.15) is 11.5 Å². The molecule has 2 heterocycles. The summed E-state index contributed by atoms with van der Waals surface area (Å²) in [7, 11) is 0. The number of phenolic OH excluding ortho intramolecular Hbond substituents is 2. The molecule has 0 aliphatic rings. The lowest BCUT2D eigenvalue weighted by Crippen LogP contribution is -1.99. The van der Waals surface area contributed by atoms with Gasteiger partial charge in [0.2, 0.25) is 0 Å². The zero-order valence-corrected chi connectivity index (χ0v) is 15.4. The van der Waals surface area contributed by atoms with Gasteiger partial charge in [0.05, 0.1) is 28.8 Å². The molecular weight excluding hydrogens is 362 g/mol. The molecule has 0 amide bonds. The third-order valence-electron chi connectivity index (χ3n) is 4.88. The molecule has 5 aromatic rings. The number of rotatable bonds is 3. The normalized spacial score (nSPS) is 11.0. The molecule has 0 unspecified atom stereocenters. The predicted molar refractivity (Wildman–Crippen MR) is 113 cm³/mol. The van der Waals surface area contributed by atoms with Crippen molar-refractivity contribution < 1.29 is 10.2 Å². The van der Waals surface area contributed by atoms with Crippen LogP contribution in [0, 0.1) is 0 Å². The van der Waals surface area contributed by atoms with E-state index < -0.39 is 0 Å². The van der Waals surface area contributed by atoms with Gasteiger partial charge in [-0.25, -0.2) is 9.67 Å². The average Bonchev–Trinajstić information content (AvgIpc) is 3.19. The van der Waals surface area contributed by atoms with E-state index in [1.165, 1.54) is 6.07 Å². The van der Waals surface area contributed by atoms with E-state index in [0.29, 0.717) is 11.3 Å². The number of fused-ring (bicyclic) bond motifs is 1. The molecule has 0 aliphatic carbocycles. The van der Waals surface area contributed by atoms with E-state index in [9.17, 15) is 10.2 Å². The number of aromatic hydroxyl groups is 2. The summed E-state index contributed by atoms with van der Waals surface area (Å²) in [5.41, 5.74) is 4.57. The molecule has 3 aromatic carbocycles. The quantitative estimate of drug-likeness (QED) is 0.454. The van der Waals surface area contributed by atoms with Crippen LogP contribution in [0.25, 0.3) is 39.1 Å². The number of phenols is 2. The maximum atomic E-state index is 10.6. The fourth-order valence-electron chi connectivity index (χ4n) is 3.50. The maximum Gasteiger partial charge on any atom is 0.128 e. The third-order valence-corrected chi connectivity index (χ3v) is 4.88. The van der Waals surface area contributed by atoms with Gasteiger partial charge in [-0.1, -0.05) is 42.5 Å². The van der Waals surface area contributed by atoms with E-state index in [1.54, 1.807) is 23.0 Å². The van der Waals surface area contributed by atoms with Crippen LogP contribution in [-0.2, 0) is 0 Å². The molecular formula is C24H17N3O2. The number of benzene rings is 3. The standard InChI is InChI=1S/C24H17N3O2/c28-18-11-12-19(23(29)14-18)24-20(15-25-27(24)17-7-2-1-3-8-17)22-13-10-16-6-4-5-9-21(16)26-22/h1-15,28-29H. The number of para-hydroxylation sites is 2. The lowest BCUT2D eigenvalue weighted by molar-refractivity contribution is 0.451. The first-order chi connectivity index (χ1) is 14.2. The number of hydrogen-bond donors (Lipinski definition) is 2. The van der Waals surface area contributed by atoms with Crippen LogP contribution in [0.15, 0.2) is 91.1 Å². The van der Waals surface area contributed by atoms with Gasteiger partial charge >= 0.3 is 0 Å². The van der Waals surface area contributed by atoms with Gasteiger partial charge in [-0.3, -0.25) is 0 Å². The highest BCUT2D eigenvalue weighted by molar-refractivity contribution is 5.87. The summed E-state index contributed by atoms with van der Waals surface area (Å²) in [6, 6.07) is 26.2. The summed E-state index contributed by atoms with van der Waals surface area (Å²) >= 11 is 0. The zero-order valence-electron chi connectivity index (χ0n) is 15.4. The van der Waals surface area contributed by atoms with Gasteiger partial charge < -0.3 is 10.2 Å². The number of nitrogens with zero attached hydrogens (tertiary/aromatic N) is 3. The third kappa shape index (κ3) is 2.99. The van der Waals surface area contributed by atoms with Gasteiger partial charge in [0.25, 0.3) is 0 Å². The minimum atomic E-state index is -0.0234. The molecule has 0 fully saturated rings. The lowest BCUT2D eigenvalue weighted by atomic mass is 10.0. The van der Waals surface area contributed by atoms with Gasteiger partial charge in [0, 0.05) is 22.6 Å². The molecule has 0 radical (unpaired) electrons. The zero-order chi connectivity index (χ0) is 19.8. The largest absolute Gasteiger partial charge is 0.508 e. The second-order valence-electron chi connectivity index (χ2n) is 6.74. The Hall–Kier alpha value is -4.12. The maximum absolute atomic E-state index is 10.6. The Morgan fingerprint density at radius 2 is 1.52 bits per heavy atom. The molecule has 2 aromatic heterocycles. The lowest BCUT2D eigenvalue weighted by Gasteiger charge is -2.12. The fourth-order valence-corrected chi connectivity index (χ4v) is 3.50. The first-order valence-corrected chi connectivity index (χ1v) is 9.23. The monoisotopic (exact) mass is 379 g/mol. The van der Waals surface area contributed by atoms with Crippen LogP contribution in [-0.4, -0.2) is 25.0 Å². The van der Waals surface area contributed by atoms with Crippen molar-refractivity contribution in [2.24, 2.45) is 0 Å². The van der Waals surface area contributed by atoms with Gasteiger partial charge in [-0.05, 0) is 36.4 Å². The first kappa shape index (κ1) is 17.0. The molecule has 0 atom stereocenters. The molecule has 0 saturated carbocycles. The SMILES string of the molecule is Oc1ccc(-c2c(-c3ccc4ccccc4n3)cnn2-c2ccccc2)c(O)c1. The Balaban J connectivity index is 1.78. The van der Waals surface area contributed by atoms with Crippen molar-refractivity contribution in [2.75, 3.05) is 0 Å². The van der Waals surface area contributed by atoms with Crippen molar-refractivity contribution in [1.29, 1.82) is 0 Å². The Labute approximate surface area is 167 Å². The van der Waals surface area contributed by atoms with Crippen LogP contribution < -0.4 is 0 Å². The molecule has 5 rings (SSSR count). The van der Waals surface area contributed by atoms with Gasteiger partial charge in [0.15, 0.2) is 0 Å². The second-order valence-corrected chi connectivity index (χ2v) is 6.74. The fraction of sp³-hybridized carbons (Fsp3) is 0. The highest BCUT2D eigenvalue weighted by Gasteiger charge is 2.20. The van der Waals surface area contributed by atoms with E-state index in [2.05, 4.69) is 5.10 Å². The summed E-state index contributed by atoms with van der Waals surface area (Å²) in [6.07, 6.45) is 1.76. The van der Waals surface area contributed by atoms with Crippen LogP contribution in [0.5, 0.6) is 11.5 Å². The highest BCUT2D eigenvalue weighted by atomic mass is 16.3. The highest BCUT2D eigenvalue weighted by Crippen LogP contribution is 2.39. The summed E-state index contributed by atoms with van der Waals surface area (Å²) < 4.78 is 1.78. The molecule has 5 nitrogen and oxygen atoms in total. The molecule has 140 valence electrons. The summed E-state index contributed by atoms with van der Waals surface area (Å²) in [5, 5.41) is 25.9. The Morgan fingerprint density at radius 3 is 2.34 bits per heavy atom. The van der Waals surface area contributed by atoms with Crippen LogP contribution in [0.1, 0.15) is 0 Å². The van der Waals surface area contributed by atoms with E-state index in [4.69, 9.17) is 4.98 Å². The van der Waals surface area contributed by atoms with Gasteiger partial charge in [-0.15, -0.1) is 0 Å². The van der Waals surface area contributed by atoms with Crippen LogP contribution in [0.4, 0.5) is 0 Å². The molecule has 0 saturated heterocycles. The Morgan fingerprint density at radius 1 is 0.724 bits per heavy atom. The van der Waals surface area contributed by atoms with Crippen molar-refractivity contribution in [3.63, 3.8) is 0 Å². The smallest absolute Gasteiger partial charge is 0.128 e. The molecule has 2 N–H and O–H groups in total. The van der Waals surface area contributed by atoms with Crippen LogP contribution in [0.2, 0.25) is 0 Å². The van der Waals surface area contributed by atoms with Crippen LogP contribution >= 0.6 is 0 Å². The molecule has 0 aliphatic heterocycles. The van der Waals surface area contributed by atoms with E-state index in [-0.39, 0.29) is 11.5 Å². The molecule has 0 bridgehead atoms. The van der Waals surface area contributed by atoms with Gasteiger partial charge in [-0.2, -0.15) is 5.10 Å². The van der Waals surface area contributed by atoms with E-state index >= 15 is 0 Å². The number of aromatic nitrogens is 3. The first-order valence-electron chi connectivity index (χ1n) is 9.23. The molecule has 29 heavy (non-hydrogen) atoms. The summed E-state index contributed by atoms with van der Waals surface area (Å²) in [4.78, 5) is 4.80. The second kappa shape index (κ2) is 6.80. The predicted octanol–water partition coefficient (Wildman–Crippen LogP) is 5.17. The molecule has 5 heteroatoms. The van der Waals surface area contributed by atoms with Crippen LogP contribution in [0.3, 0.4) is 0 Å². The summed E-state index contributed by atoms with van der Waals surface area (Å²) in [5.74, 6) is -0.0212. The van der Waals surface area contributed by atoms with E-state index in [0.717, 1.165) is 27.8 Å². The number of pyridine rings is 1. The van der Waals surface area contributed by atoms with Crippen molar-refractivity contribution in [3.05, 3.63) is 91.1 Å². The minimum Gasteiger partial charge on any atom is -0.508 e. The topological polar surface area (TPSA) is 71.2 Å². The average molecular weight is 379 g/mol.